The second-order valence-electron chi connectivity index (χ2n) is 2.63. The molecule has 1 aliphatic rings. The van der Waals surface area contributed by atoms with Crippen LogP contribution in [0.2, 0.25) is 0 Å². The lowest BCUT2D eigenvalue weighted by Crippen LogP contribution is -2.37. The van der Waals surface area contributed by atoms with Crippen LogP contribution >= 0.6 is 0 Å². The summed E-state index contributed by atoms with van der Waals surface area (Å²) in [7, 11) is 0. The summed E-state index contributed by atoms with van der Waals surface area (Å²) in [5.74, 6) is -5.11. The highest BCUT2D eigenvalue weighted by molar-refractivity contribution is 5.16. The van der Waals surface area contributed by atoms with Gasteiger partial charge in [-0.15, -0.1) is 0 Å². The fourth-order valence-corrected chi connectivity index (χ4v) is 0.947. The zero-order valence-electron chi connectivity index (χ0n) is 6.45. The average Bonchev–Trinajstić information content (AvgIpc) is 2.28. The lowest BCUT2D eigenvalue weighted by molar-refractivity contribution is -0.330. The lowest BCUT2D eigenvalue weighted by atomic mass is 10.2. The van der Waals surface area contributed by atoms with Gasteiger partial charge in [-0.05, 0) is 0 Å². The van der Waals surface area contributed by atoms with Crippen molar-refractivity contribution in [3.8, 4) is 0 Å². The first-order valence-corrected chi connectivity index (χ1v) is 3.44. The molecule has 0 bridgehead atoms. The normalized spacial score (nSPS) is 29.4. The van der Waals surface area contributed by atoms with Crippen molar-refractivity contribution < 1.29 is 35.4 Å². The van der Waals surface area contributed by atoms with Gasteiger partial charge in [-0.2, -0.15) is 0 Å². The van der Waals surface area contributed by atoms with Gasteiger partial charge >= 0.3 is 5.97 Å². The Morgan fingerprint density at radius 2 is 1.92 bits per heavy atom. The summed E-state index contributed by atoms with van der Waals surface area (Å²) in [6, 6.07) is 0. The summed E-state index contributed by atoms with van der Waals surface area (Å²) >= 11 is 0. The van der Waals surface area contributed by atoms with Crippen molar-refractivity contribution in [1.29, 1.82) is 0 Å². The minimum atomic E-state index is -3.01. The lowest BCUT2D eigenvalue weighted by Gasteiger charge is -2.19. The fourth-order valence-electron chi connectivity index (χ4n) is 0.947. The van der Waals surface area contributed by atoms with Crippen LogP contribution in [0.3, 0.4) is 0 Å². The zero-order chi connectivity index (χ0) is 10.2. The van der Waals surface area contributed by atoms with E-state index in [1.807, 2.05) is 0 Å². The van der Waals surface area contributed by atoms with Gasteiger partial charge in [0, 0.05) is 0 Å². The third-order valence-electron chi connectivity index (χ3n) is 1.65. The van der Waals surface area contributed by atoms with E-state index in [1.54, 1.807) is 0 Å². The molecule has 0 aliphatic carbocycles. The summed E-state index contributed by atoms with van der Waals surface area (Å²) in [4.78, 5) is 0. The molecule has 6 N–H and O–H groups in total. The predicted molar refractivity (Wildman–Crippen MR) is 37.4 cm³/mol. The minimum absolute atomic E-state index is 0.752. The van der Waals surface area contributed by atoms with Gasteiger partial charge in [0.25, 0.3) is 0 Å². The molecule has 0 radical (unpaired) electrons. The Labute approximate surface area is 72.7 Å². The second-order valence-corrected chi connectivity index (χ2v) is 2.63. The molecule has 13 heavy (non-hydrogen) atoms. The third kappa shape index (κ3) is 1.60. The Bertz CT molecular complexity index is 233. The number of aliphatic hydroxyl groups excluding tert-OH is 4. The molecular weight excluding hydrogens is 184 g/mol. The van der Waals surface area contributed by atoms with Crippen molar-refractivity contribution in [2.75, 3.05) is 6.61 Å². The molecule has 0 saturated carbocycles. The maximum absolute atomic E-state index is 9.01. The Morgan fingerprint density at radius 1 is 1.38 bits per heavy atom. The highest BCUT2D eigenvalue weighted by Crippen LogP contribution is 2.30. The number of aliphatic hydroxyl groups is 6. The molecule has 0 spiro atoms. The topological polar surface area (TPSA) is 131 Å². The molecule has 2 atom stereocenters. The van der Waals surface area contributed by atoms with Crippen LogP contribution in [0.5, 0.6) is 0 Å². The van der Waals surface area contributed by atoms with E-state index < -0.39 is 36.3 Å². The summed E-state index contributed by atoms with van der Waals surface area (Å²) in [6.07, 6.45) is -3.08. The molecule has 1 aliphatic heterocycles. The Morgan fingerprint density at radius 3 is 2.23 bits per heavy atom. The van der Waals surface area contributed by atoms with E-state index in [9.17, 15) is 0 Å². The zero-order valence-corrected chi connectivity index (χ0v) is 6.45. The molecule has 0 amide bonds. The van der Waals surface area contributed by atoms with Gasteiger partial charge < -0.3 is 35.4 Å². The van der Waals surface area contributed by atoms with Crippen molar-refractivity contribution in [1.82, 2.24) is 0 Å². The highest BCUT2D eigenvalue weighted by atomic mass is 16.8. The van der Waals surface area contributed by atoms with Crippen LogP contribution in [0.15, 0.2) is 11.5 Å². The first-order valence-electron chi connectivity index (χ1n) is 3.44. The smallest absolute Gasteiger partial charge is 0.344 e. The Kier molecular flexibility index (Phi) is 2.46. The first kappa shape index (κ1) is 10.2. The number of hydrogen-bond donors (Lipinski definition) is 6. The van der Waals surface area contributed by atoms with Gasteiger partial charge in [0.2, 0.25) is 5.76 Å². The highest BCUT2D eigenvalue weighted by Gasteiger charge is 2.48. The fraction of sp³-hybridized carbons (Fsp3) is 0.667. The number of ether oxygens (including phenoxy) is 1. The quantitative estimate of drug-likeness (QED) is 0.272. The summed E-state index contributed by atoms with van der Waals surface area (Å²) in [5, 5.41) is 52.9. The van der Waals surface area contributed by atoms with Crippen LogP contribution < -0.4 is 0 Å². The van der Waals surface area contributed by atoms with Crippen LogP contribution in [0.4, 0.5) is 0 Å². The molecule has 1 heterocycles. The molecule has 0 saturated heterocycles. The number of hydrogen-bond acceptors (Lipinski definition) is 7. The summed E-state index contributed by atoms with van der Waals surface area (Å²) in [6.45, 7) is -0.752. The largest absolute Gasteiger partial charge is 0.506 e. The first-order chi connectivity index (χ1) is 5.90. The number of rotatable bonds is 2. The van der Waals surface area contributed by atoms with E-state index in [2.05, 4.69) is 4.74 Å². The van der Waals surface area contributed by atoms with Crippen LogP contribution in [0.1, 0.15) is 0 Å². The van der Waals surface area contributed by atoms with Gasteiger partial charge in [-0.25, -0.2) is 0 Å². The Balaban J connectivity index is 2.86. The van der Waals surface area contributed by atoms with E-state index in [4.69, 9.17) is 30.6 Å². The van der Waals surface area contributed by atoms with E-state index in [-0.39, 0.29) is 0 Å². The van der Waals surface area contributed by atoms with E-state index >= 15 is 0 Å². The van der Waals surface area contributed by atoms with Crippen LogP contribution in [0, 0.1) is 0 Å². The molecule has 2 unspecified atom stereocenters. The molecular formula is C6H10O7. The second kappa shape index (κ2) is 3.13. The van der Waals surface area contributed by atoms with Crippen molar-refractivity contribution in [2.45, 2.75) is 18.2 Å². The van der Waals surface area contributed by atoms with E-state index in [0.29, 0.717) is 0 Å². The maximum atomic E-state index is 9.01. The maximum Gasteiger partial charge on any atom is 0.344 e. The third-order valence-corrected chi connectivity index (χ3v) is 1.65. The minimum Gasteiger partial charge on any atom is -0.506 e. The molecule has 7 nitrogen and oxygen atoms in total. The van der Waals surface area contributed by atoms with Crippen LogP contribution in [-0.4, -0.2) is 55.4 Å². The molecule has 0 fully saturated rings. The standard InChI is InChI=1S/C6H10O7/c7-1-2(8)4-3(9)5(10)6(11,12)13-4/h2,4,7-12H,1H2. The van der Waals surface area contributed by atoms with Crippen molar-refractivity contribution in [2.24, 2.45) is 0 Å². The van der Waals surface area contributed by atoms with Crippen LogP contribution in [-0.2, 0) is 4.74 Å². The van der Waals surface area contributed by atoms with Gasteiger partial charge in [-0.3, -0.25) is 0 Å². The molecule has 0 aromatic heterocycles. The van der Waals surface area contributed by atoms with Crippen molar-refractivity contribution >= 4 is 0 Å². The van der Waals surface area contributed by atoms with Crippen LogP contribution in [0.25, 0.3) is 0 Å². The Hall–Kier alpha value is -0.860. The monoisotopic (exact) mass is 194 g/mol. The molecule has 7 heteroatoms. The molecule has 76 valence electrons. The average molecular weight is 194 g/mol. The summed E-state index contributed by atoms with van der Waals surface area (Å²) in [5.41, 5.74) is 0. The van der Waals surface area contributed by atoms with Gasteiger partial charge in [0.05, 0.1) is 6.61 Å². The molecule has 0 aromatic rings. The van der Waals surface area contributed by atoms with Gasteiger partial charge in [0.15, 0.2) is 11.9 Å². The SMILES string of the molecule is OCC(O)C1OC(O)(O)C(O)=C1O. The van der Waals surface area contributed by atoms with Gasteiger partial charge in [0.1, 0.15) is 6.10 Å². The summed E-state index contributed by atoms with van der Waals surface area (Å²) < 4.78 is 4.25. The van der Waals surface area contributed by atoms with Crippen molar-refractivity contribution in [3.63, 3.8) is 0 Å². The predicted octanol–water partition coefficient (Wildman–Crippen LogP) is -2.30. The van der Waals surface area contributed by atoms with Gasteiger partial charge in [-0.1, -0.05) is 0 Å². The van der Waals surface area contributed by atoms with E-state index in [1.165, 1.54) is 0 Å². The van der Waals surface area contributed by atoms with E-state index in [0.717, 1.165) is 0 Å². The van der Waals surface area contributed by atoms with Crippen molar-refractivity contribution in [3.05, 3.63) is 11.5 Å². The molecule has 0 aromatic carbocycles. The molecule has 1 rings (SSSR count).